The SMILES string of the molecule is CC1CC(C)N(C(C)C)CC1C. The van der Waals surface area contributed by atoms with Crippen LogP contribution >= 0.6 is 0 Å². The van der Waals surface area contributed by atoms with E-state index in [0.29, 0.717) is 0 Å². The number of nitrogens with zero attached hydrogens (tertiary/aromatic N) is 1. The average Bonchev–Trinajstić information content (AvgIpc) is 1.96. The van der Waals surface area contributed by atoms with Gasteiger partial charge in [-0.05, 0) is 39.0 Å². The Morgan fingerprint density at radius 3 is 2.17 bits per heavy atom. The minimum absolute atomic E-state index is 0.718. The number of likely N-dealkylation sites (tertiary alicyclic amines) is 1. The summed E-state index contributed by atoms with van der Waals surface area (Å²) in [6.45, 7) is 13.0. The summed E-state index contributed by atoms with van der Waals surface area (Å²) in [5.74, 6) is 1.79. The Balaban J connectivity index is 2.55. The molecule has 0 bridgehead atoms. The summed E-state index contributed by atoms with van der Waals surface area (Å²) in [6.07, 6.45) is 1.37. The molecule has 0 aromatic rings. The molecule has 1 fully saturated rings. The van der Waals surface area contributed by atoms with Crippen molar-refractivity contribution in [3.8, 4) is 0 Å². The summed E-state index contributed by atoms with van der Waals surface area (Å²) in [4.78, 5) is 2.63. The second kappa shape index (κ2) is 3.78. The van der Waals surface area contributed by atoms with E-state index in [2.05, 4.69) is 39.5 Å². The van der Waals surface area contributed by atoms with Crippen molar-refractivity contribution in [1.29, 1.82) is 0 Å². The Labute approximate surface area is 77.1 Å². The highest BCUT2D eigenvalue weighted by Gasteiger charge is 2.29. The van der Waals surface area contributed by atoms with Gasteiger partial charge in [0.05, 0.1) is 0 Å². The lowest BCUT2D eigenvalue weighted by atomic mass is 9.84. The van der Waals surface area contributed by atoms with Crippen molar-refractivity contribution in [1.82, 2.24) is 4.90 Å². The van der Waals surface area contributed by atoms with Gasteiger partial charge in [0.25, 0.3) is 0 Å². The summed E-state index contributed by atoms with van der Waals surface area (Å²) >= 11 is 0. The van der Waals surface area contributed by atoms with E-state index in [9.17, 15) is 0 Å². The molecular weight excluding hydrogens is 146 g/mol. The number of rotatable bonds is 1. The lowest BCUT2D eigenvalue weighted by molar-refractivity contribution is 0.0597. The van der Waals surface area contributed by atoms with Crippen molar-refractivity contribution in [2.75, 3.05) is 6.54 Å². The van der Waals surface area contributed by atoms with Crippen LogP contribution in [0.5, 0.6) is 0 Å². The van der Waals surface area contributed by atoms with Crippen molar-refractivity contribution in [2.45, 2.75) is 53.1 Å². The van der Waals surface area contributed by atoms with Gasteiger partial charge in [-0.1, -0.05) is 13.8 Å². The van der Waals surface area contributed by atoms with E-state index in [-0.39, 0.29) is 0 Å². The maximum atomic E-state index is 2.63. The fourth-order valence-corrected chi connectivity index (χ4v) is 2.32. The molecule has 12 heavy (non-hydrogen) atoms. The first-order valence-corrected chi connectivity index (χ1v) is 5.28. The molecule has 1 heterocycles. The second-order valence-electron chi connectivity index (χ2n) is 4.83. The highest BCUT2D eigenvalue weighted by Crippen LogP contribution is 2.28. The van der Waals surface area contributed by atoms with E-state index in [1.807, 2.05) is 0 Å². The second-order valence-corrected chi connectivity index (χ2v) is 4.83. The van der Waals surface area contributed by atoms with Gasteiger partial charge in [0.2, 0.25) is 0 Å². The van der Waals surface area contributed by atoms with Crippen LogP contribution < -0.4 is 0 Å². The summed E-state index contributed by atoms with van der Waals surface area (Å²) in [5, 5.41) is 0. The highest BCUT2D eigenvalue weighted by atomic mass is 15.2. The largest absolute Gasteiger partial charge is 0.298 e. The molecular formula is C11H23N. The van der Waals surface area contributed by atoms with Crippen molar-refractivity contribution in [3.63, 3.8) is 0 Å². The monoisotopic (exact) mass is 169 g/mol. The first-order valence-electron chi connectivity index (χ1n) is 5.28. The zero-order valence-electron chi connectivity index (χ0n) is 9.17. The Kier molecular flexibility index (Phi) is 3.16. The van der Waals surface area contributed by atoms with Gasteiger partial charge in [-0.2, -0.15) is 0 Å². The van der Waals surface area contributed by atoms with Crippen LogP contribution in [0.2, 0.25) is 0 Å². The minimum Gasteiger partial charge on any atom is -0.298 e. The predicted octanol–water partition coefficient (Wildman–Crippen LogP) is 2.76. The van der Waals surface area contributed by atoms with Gasteiger partial charge in [-0.15, -0.1) is 0 Å². The van der Waals surface area contributed by atoms with Crippen LogP contribution in [0.25, 0.3) is 0 Å². The maximum Gasteiger partial charge on any atom is 0.00723 e. The molecule has 0 aromatic heterocycles. The van der Waals surface area contributed by atoms with Crippen molar-refractivity contribution >= 4 is 0 Å². The first kappa shape index (κ1) is 10.0. The van der Waals surface area contributed by atoms with Gasteiger partial charge in [0, 0.05) is 18.6 Å². The Morgan fingerprint density at radius 2 is 1.67 bits per heavy atom. The summed E-state index contributed by atoms with van der Waals surface area (Å²) in [5.41, 5.74) is 0. The van der Waals surface area contributed by atoms with E-state index in [4.69, 9.17) is 0 Å². The molecule has 1 rings (SSSR count). The molecule has 0 spiro atoms. The minimum atomic E-state index is 0.718. The molecule has 1 heteroatoms. The molecule has 1 aliphatic heterocycles. The van der Waals surface area contributed by atoms with Crippen LogP contribution in [0.4, 0.5) is 0 Å². The summed E-state index contributed by atoms with van der Waals surface area (Å²) in [7, 11) is 0. The third-order valence-electron chi connectivity index (χ3n) is 3.41. The number of hydrogen-bond acceptors (Lipinski definition) is 1. The lowest BCUT2D eigenvalue weighted by Crippen LogP contribution is -2.47. The predicted molar refractivity (Wildman–Crippen MR) is 54.2 cm³/mol. The van der Waals surface area contributed by atoms with Gasteiger partial charge in [0.15, 0.2) is 0 Å². The lowest BCUT2D eigenvalue weighted by Gasteiger charge is -2.42. The zero-order chi connectivity index (χ0) is 9.30. The average molecular weight is 169 g/mol. The van der Waals surface area contributed by atoms with Crippen molar-refractivity contribution in [2.24, 2.45) is 11.8 Å². The summed E-state index contributed by atoms with van der Waals surface area (Å²) in [6, 6.07) is 1.51. The maximum absolute atomic E-state index is 2.63. The molecule has 0 aromatic carbocycles. The molecule has 0 radical (unpaired) electrons. The van der Waals surface area contributed by atoms with Gasteiger partial charge in [-0.25, -0.2) is 0 Å². The molecule has 0 saturated carbocycles. The van der Waals surface area contributed by atoms with Gasteiger partial charge in [0.1, 0.15) is 0 Å². The highest BCUT2D eigenvalue weighted by molar-refractivity contribution is 4.82. The normalized spacial score (nSPS) is 39.0. The Hall–Kier alpha value is -0.0400. The molecule has 1 saturated heterocycles. The van der Waals surface area contributed by atoms with Crippen LogP contribution in [0.3, 0.4) is 0 Å². The molecule has 72 valence electrons. The molecule has 3 atom stereocenters. The van der Waals surface area contributed by atoms with Crippen molar-refractivity contribution < 1.29 is 0 Å². The molecule has 0 amide bonds. The number of hydrogen-bond donors (Lipinski definition) is 0. The topological polar surface area (TPSA) is 3.24 Å². The molecule has 0 N–H and O–H groups in total. The summed E-state index contributed by atoms with van der Waals surface area (Å²) < 4.78 is 0. The molecule has 3 unspecified atom stereocenters. The van der Waals surface area contributed by atoms with E-state index in [1.165, 1.54) is 13.0 Å². The standard InChI is InChI=1S/C11H23N/c1-8(2)12-7-10(4)9(3)6-11(12)5/h8-11H,6-7H2,1-5H3. The fourth-order valence-electron chi connectivity index (χ4n) is 2.32. The zero-order valence-corrected chi connectivity index (χ0v) is 9.17. The Bertz CT molecular complexity index is 142. The first-order chi connectivity index (χ1) is 5.52. The number of piperidine rings is 1. The smallest absolute Gasteiger partial charge is 0.00723 e. The van der Waals surface area contributed by atoms with Crippen LogP contribution in [0.1, 0.15) is 41.0 Å². The van der Waals surface area contributed by atoms with E-state index in [0.717, 1.165) is 23.9 Å². The third-order valence-corrected chi connectivity index (χ3v) is 3.41. The fraction of sp³-hybridized carbons (Fsp3) is 1.00. The molecule has 1 aliphatic rings. The van der Waals surface area contributed by atoms with Gasteiger partial charge in [-0.3, -0.25) is 4.90 Å². The molecule has 1 nitrogen and oxygen atoms in total. The van der Waals surface area contributed by atoms with Crippen LogP contribution in [-0.4, -0.2) is 23.5 Å². The van der Waals surface area contributed by atoms with Crippen molar-refractivity contribution in [3.05, 3.63) is 0 Å². The Morgan fingerprint density at radius 1 is 1.08 bits per heavy atom. The van der Waals surface area contributed by atoms with Gasteiger partial charge < -0.3 is 0 Å². The quantitative estimate of drug-likeness (QED) is 0.583. The van der Waals surface area contributed by atoms with E-state index < -0.39 is 0 Å². The molecule has 0 aliphatic carbocycles. The van der Waals surface area contributed by atoms with Crippen LogP contribution in [0, 0.1) is 11.8 Å². The van der Waals surface area contributed by atoms with E-state index in [1.54, 1.807) is 0 Å². The third kappa shape index (κ3) is 2.01. The van der Waals surface area contributed by atoms with Gasteiger partial charge >= 0.3 is 0 Å². The van der Waals surface area contributed by atoms with Crippen LogP contribution in [0.15, 0.2) is 0 Å². The van der Waals surface area contributed by atoms with Crippen LogP contribution in [-0.2, 0) is 0 Å². The van der Waals surface area contributed by atoms with E-state index >= 15 is 0 Å².